The van der Waals surface area contributed by atoms with Gasteiger partial charge < -0.3 is 10.1 Å². The minimum atomic E-state index is 0.0984. The summed E-state index contributed by atoms with van der Waals surface area (Å²) in [5.41, 5.74) is 3.25. The highest BCUT2D eigenvalue weighted by atomic mass is 16.5. The van der Waals surface area contributed by atoms with Gasteiger partial charge in [-0.2, -0.15) is 0 Å². The molecule has 0 radical (unpaired) electrons. The van der Waals surface area contributed by atoms with Gasteiger partial charge in [0.25, 0.3) is 0 Å². The van der Waals surface area contributed by atoms with E-state index in [2.05, 4.69) is 36.6 Å². The van der Waals surface area contributed by atoms with Crippen molar-refractivity contribution in [3.63, 3.8) is 0 Å². The van der Waals surface area contributed by atoms with E-state index in [1.54, 1.807) is 11.1 Å². The van der Waals surface area contributed by atoms with E-state index in [0.29, 0.717) is 12.0 Å². The van der Waals surface area contributed by atoms with Crippen molar-refractivity contribution >= 4 is 0 Å². The van der Waals surface area contributed by atoms with Gasteiger partial charge in [0, 0.05) is 13.2 Å². The van der Waals surface area contributed by atoms with E-state index < -0.39 is 0 Å². The van der Waals surface area contributed by atoms with Gasteiger partial charge in [-0.25, -0.2) is 0 Å². The van der Waals surface area contributed by atoms with Crippen LogP contribution in [0.2, 0.25) is 0 Å². The van der Waals surface area contributed by atoms with Crippen LogP contribution in [0.4, 0.5) is 0 Å². The Morgan fingerprint density at radius 2 is 2.10 bits per heavy atom. The molecule has 1 N–H and O–H groups in total. The van der Waals surface area contributed by atoms with Crippen molar-refractivity contribution in [2.45, 2.75) is 62.5 Å². The fourth-order valence-corrected chi connectivity index (χ4v) is 4.20. The largest absolute Gasteiger partial charge is 0.377 e. The van der Waals surface area contributed by atoms with Gasteiger partial charge in [-0.15, -0.1) is 0 Å². The molecule has 2 heteroatoms. The summed E-state index contributed by atoms with van der Waals surface area (Å²) in [4.78, 5) is 0. The molecular weight excluding hydrogens is 246 g/mol. The Hall–Kier alpha value is -0.860. The Labute approximate surface area is 122 Å². The summed E-state index contributed by atoms with van der Waals surface area (Å²) in [6.07, 6.45) is 8.86. The second kappa shape index (κ2) is 5.87. The number of fused-ring (bicyclic) bond motifs is 1. The summed E-state index contributed by atoms with van der Waals surface area (Å²) in [5, 5.41) is 3.55. The fraction of sp³-hybridized carbons (Fsp3) is 0.667. The molecular formula is C18H27NO. The van der Waals surface area contributed by atoms with Crippen LogP contribution >= 0.6 is 0 Å². The second-order valence-corrected chi connectivity index (χ2v) is 6.49. The van der Waals surface area contributed by atoms with Gasteiger partial charge in [-0.3, -0.25) is 0 Å². The third-order valence-corrected chi connectivity index (χ3v) is 5.60. The number of nitrogens with one attached hydrogen (secondary N) is 1. The molecule has 0 bridgehead atoms. The lowest BCUT2D eigenvalue weighted by atomic mass is 9.69. The molecule has 2 aliphatic carbocycles. The Balaban J connectivity index is 1.77. The van der Waals surface area contributed by atoms with Gasteiger partial charge in [-0.05, 0) is 69.0 Å². The molecule has 2 atom stereocenters. The van der Waals surface area contributed by atoms with Gasteiger partial charge in [0.1, 0.15) is 0 Å². The van der Waals surface area contributed by atoms with Gasteiger partial charge in [0.05, 0.1) is 5.60 Å². The topological polar surface area (TPSA) is 21.3 Å². The van der Waals surface area contributed by atoms with Crippen LogP contribution in [-0.2, 0) is 11.2 Å². The standard InChI is InChI=1S/C18H27NO/c1-19-17(18(20-2)11-6-12-18)13-15-9-5-8-14-7-3-4-10-16(14)15/h3-4,7,10,15,17,19H,5-6,8-9,11-13H2,1-2H3. The van der Waals surface area contributed by atoms with E-state index in [4.69, 9.17) is 4.74 Å². The molecule has 1 saturated carbocycles. The summed E-state index contributed by atoms with van der Waals surface area (Å²) in [7, 11) is 3.98. The molecule has 2 unspecified atom stereocenters. The summed E-state index contributed by atoms with van der Waals surface area (Å²) >= 11 is 0. The van der Waals surface area contributed by atoms with E-state index in [-0.39, 0.29) is 5.60 Å². The average molecular weight is 273 g/mol. The Bertz CT molecular complexity index is 447. The average Bonchev–Trinajstić information content (AvgIpc) is 2.45. The first-order valence-corrected chi connectivity index (χ1v) is 8.09. The maximum absolute atomic E-state index is 5.89. The zero-order chi connectivity index (χ0) is 14.0. The second-order valence-electron chi connectivity index (χ2n) is 6.49. The Morgan fingerprint density at radius 3 is 2.75 bits per heavy atom. The van der Waals surface area contributed by atoms with Crippen LogP contribution in [0.3, 0.4) is 0 Å². The Morgan fingerprint density at radius 1 is 1.30 bits per heavy atom. The molecule has 110 valence electrons. The number of ether oxygens (including phenoxy) is 1. The van der Waals surface area contributed by atoms with E-state index in [9.17, 15) is 0 Å². The van der Waals surface area contributed by atoms with Crippen LogP contribution in [0.25, 0.3) is 0 Å². The van der Waals surface area contributed by atoms with Crippen LogP contribution in [0, 0.1) is 0 Å². The molecule has 2 aliphatic rings. The quantitative estimate of drug-likeness (QED) is 0.884. The highest BCUT2D eigenvalue weighted by Gasteiger charge is 2.44. The predicted octanol–water partition coefficient (Wildman–Crippen LogP) is 3.65. The summed E-state index contributed by atoms with van der Waals surface area (Å²) in [6, 6.07) is 9.51. The Kier molecular flexibility index (Phi) is 4.13. The lowest BCUT2D eigenvalue weighted by molar-refractivity contribution is -0.0999. The first-order chi connectivity index (χ1) is 9.79. The first kappa shape index (κ1) is 14.1. The van der Waals surface area contributed by atoms with Crippen LogP contribution < -0.4 is 5.32 Å². The number of hydrogen-bond donors (Lipinski definition) is 1. The van der Waals surface area contributed by atoms with Crippen LogP contribution in [-0.4, -0.2) is 25.8 Å². The molecule has 20 heavy (non-hydrogen) atoms. The molecule has 0 aromatic heterocycles. The number of aryl methyl sites for hydroxylation is 1. The molecule has 1 aromatic carbocycles. The van der Waals surface area contributed by atoms with E-state index in [1.165, 1.54) is 44.9 Å². The van der Waals surface area contributed by atoms with Gasteiger partial charge >= 0.3 is 0 Å². The van der Waals surface area contributed by atoms with Crippen molar-refractivity contribution in [1.29, 1.82) is 0 Å². The highest BCUT2D eigenvalue weighted by Crippen LogP contribution is 2.43. The smallest absolute Gasteiger partial charge is 0.0831 e. The summed E-state index contributed by atoms with van der Waals surface area (Å²) in [6.45, 7) is 0. The molecule has 2 nitrogen and oxygen atoms in total. The zero-order valence-electron chi connectivity index (χ0n) is 12.8. The third kappa shape index (κ3) is 2.40. The van der Waals surface area contributed by atoms with Gasteiger partial charge in [0.2, 0.25) is 0 Å². The minimum Gasteiger partial charge on any atom is -0.377 e. The first-order valence-electron chi connectivity index (χ1n) is 8.09. The molecule has 3 rings (SSSR count). The van der Waals surface area contributed by atoms with Crippen LogP contribution in [0.1, 0.15) is 55.6 Å². The molecule has 0 amide bonds. The zero-order valence-corrected chi connectivity index (χ0v) is 12.8. The van der Waals surface area contributed by atoms with Crippen LogP contribution in [0.15, 0.2) is 24.3 Å². The number of benzene rings is 1. The number of likely N-dealkylation sites (N-methyl/N-ethyl adjacent to an activating group) is 1. The van der Waals surface area contributed by atoms with Crippen molar-refractivity contribution in [3.8, 4) is 0 Å². The van der Waals surface area contributed by atoms with Crippen molar-refractivity contribution in [1.82, 2.24) is 5.32 Å². The van der Waals surface area contributed by atoms with Gasteiger partial charge in [-0.1, -0.05) is 24.3 Å². The van der Waals surface area contributed by atoms with E-state index in [1.807, 2.05) is 7.11 Å². The monoisotopic (exact) mass is 273 g/mol. The predicted molar refractivity (Wildman–Crippen MR) is 83.2 cm³/mol. The molecule has 0 spiro atoms. The lowest BCUT2D eigenvalue weighted by Gasteiger charge is -2.47. The molecule has 1 aromatic rings. The third-order valence-electron chi connectivity index (χ3n) is 5.60. The summed E-state index contributed by atoms with van der Waals surface area (Å²) < 4.78 is 5.89. The maximum Gasteiger partial charge on any atom is 0.0831 e. The minimum absolute atomic E-state index is 0.0984. The molecule has 1 fully saturated rings. The van der Waals surface area contributed by atoms with Crippen molar-refractivity contribution in [2.75, 3.05) is 14.2 Å². The van der Waals surface area contributed by atoms with Crippen molar-refractivity contribution in [2.24, 2.45) is 0 Å². The van der Waals surface area contributed by atoms with Gasteiger partial charge in [0.15, 0.2) is 0 Å². The number of hydrogen-bond acceptors (Lipinski definition) is 2. The van der Waals surface area contributed by atoms with Crippen LogP contribution in [0.5, 0.6) is 0 Å². The SMILES string of the molecule is CNC(CC1CCCc2ccccc21)C1(OC)CCC1. The highest BCUT2D eigenvalue weighted by molar-refractivity contribution is 5.32. The molecule has 0 heterocycles. The number of methoxy groups -OCH3 is 1. The summed E-state index contributed by atoms with van der Waals surface area (Å²) in [5.74, 6) is 0.699. The molecule has 0 aliphatic heterocycles. The van der Waals surface area contributed by atoms with Crippen molar-refractivity contribution in [3.05, 3.63) is 35.4 Å². The normalized spacial score (nSPS) is 25.6. The van der Waals surface area contributed by atoms with Crippen molar-refractivity contribution < 1.29 is 4.74 Å². The fourth-order valence-electron chi connectivity index (χ4n) is 4.20. The number of rotatable bonds is 5. The van der Waals surface area contributed by atoms with E-state index >= 15 is 0 Å². The maximum atomic E-state index is 5.89. The lowest BCUT2D eigenvalue weighted by Crippen LogP contribution is -2.56. The van der Waals surface area contributed by atoms with E-state index in [0.717, 1.165) is 0 Å². The molecule has 0 saturated heterocycles.